The van der Waals surface area contributed by atoms with Crippen molar-refractivity contribution in [3.8, 4) is 0 Å². The minimum absolute atomic E-state index is 0.0892. The van der Waals surface area contributed by atoms with E-state index in [4.69, 9.17) is 5.14 Å². The molecule has 0 aliphatic carbocycles. The van der Waals surface area contributed by atoms with Crippen LogP contribution in [0.1, 0.15) is 5.56 Å². The van der Waals surface area contributed by atoms with Gasteiger partial charge in [-0.1, -0.05) is 42.5 Å². The van der Waals surface area contributed by atoms with Gasteiger partial charge in [-0.2, -0.15) is 0 Å². The van der Waals surface area contributed by atoms with Crippen LogP contribution < -0.4 is 10.0 Å². The standard InChI is InChI=1S/C17H18N4O2S/c1-21(17-19-11-15(12-20-17)24(18,22)23)10-9-14-7-4-6-13-5-2-3-8-16(13)14/h2-8,11-12H,9-10H2,1H3,(H2,18,22,23). The van der Waals surface area contributed by atoms with E-state index in [9.17, 15) is 8.42 Å². The summed E-state index contributed by atoms with van der Waals surface area (Å²) in [6.45, 7) is 0.711. The van der Waals surface area contributed by atoms with Gasteiger partial charge in [-0.3, -0.25) is 0 Å². The van der Waals surface area contributed by atoms with Crippen molar-refractivity contribution >= 4 is 26.7 Å². The van der Waals surface area contributed by atoms with Gasteiger partial charge in [-0.05, 0) is 22.8 Å². The summed E-state index contributed by atoms with van der Waals surface area (Å²) < 4.78 is 22.5. The van der Waals surface area contributed by atoms with Crippen LogP contribution in [0.5, 0.6) is 0 Å². The van der Waals surface area contributed by atoms with Gasteiger partial charge >= 0.3 is 0 Å². The Balaban J connectivity index is 1.74. The molecule has 2 aromatic carbocycles. The van der Waals surface area contributed by atoms with Crippen molar-refractivity contribution in [3.63, 3.8) is 0 Å². The van der Waals surface area contributed by atoms with E-state index >= 15 is 0 Å². The van der Waals surface area contributed by atoms with Crippen LogP contribution in [0.3, 0.4) is 0 Å². The first kappa shape index (κ1) is 16.4. The first-order valence-corrected chi connectivity index (χ1v) is 9.02. The van der Waals surface area contributed by atoms with Crippen molar-refractivity contribution < 1.29 is 8.42 Å². The molecule has 0 aliphatic heterocycles. The molecule has 6 nitrogen and oxygen atoms in total. The van der Waals surface area contributed by atoms with E-state index < -0.39 is 10.0 Å². The molecule has 24 heavy (non-hydrogen) atoms. The number of nitrogens with zero attached hydrogens (tertiary/aromatic N) is 3. The molecular formula is C17H18N4O2S. The van der Waals surface area contributed by atoms with Crippen LogP contribution in [0.4, 0.5) is 5.95 Å². The maximum absolute atomic E-state index is 11.2. The largest absolute Gasteiger partial charge is 0.344 e. The number of rotatable bonds is 5. The summed E-state index contributed by atoms with van der Waals surface area (Å²) in [5, 5.41) is 7.50. The van der Waals surface area contributed by atoms with Crippen molar-refractivity contribution in [1.29, 1.82) is 0 Å². The molecule has 0 aliphatic rings. The lowest BCUT2D eigenvalue weighted by molar-refractivity contribution is 0.596. The van der Waals surface area contributed by atoms with E-state index in [0.29, 0.717) is 12.5 Å². The van der Waals surface area contributed by atoms with Crippen LogP contribution >= 0.6 is 0 Å². The summed E-state index contributed by atoms with van der Waals surface area (Å²) in [6, 6.07) is 14.5. The summed E-state index contributed by atoms with van der Waals surface area (Å²) in [5.74, 6) is 0.461. The second-order valence-electron chi connectivity index (χ2n) is 5.57. The van der Waals surface area contributed by atoms with Crippen molar-refractivity contribution in [2.24, 2.45) is 5.14 Å². The lowest BCUT2D eigenvalue weighted by Crippen LogP contribution is -2.23. The molecule has 0 unspecified atom stereocenters. The van der Waals surface area contributed by atoms with E-state index in [-0.39, 0.29) is 4.90 Å². The summed E-state index contributed by atoms with van der Waals surface area (Å²) >= 11 is 0. The number of aromatic nitrogens is 2. The molecule has 0 bridgehead atoms. The fourth-order valence-electron chi connectivity index (χ4n) is 2.55. The number of primary sulfonamides is 1. The maximum atomic E-state index is 11.2. The number of anilines is 1. The Morgan fingerprint density at radius 1 is 1.04 bits per heavy atom. The molecule has 0 atom stereocenters. The molecule has 1 heterocycles. The number of benzene rings is 2. The van der Waals surface area contributed by atoms with Crippen LogP contribution in [-0.2, 0) is 16.4 Å². The lowest BCUT2D eigenvalue weighted by atomic mass is 10.0. The molecule has 124 valence electrons. The lowest BCUT2D eigenvalue weighted by Gasteiger charge is -2.17. The molecule has 0 radical (unpaired) electrons. The Labute approximate surface area is 141 Å². The van der Waals surface area contributed by atoms with Crippen molar-refractivity contribution in [3.05, 3.63) is 60.4 Å². The first-order chi connectivity index (χ1) is 11.4. The van der Waals surface area contributed by atoms with E-state index in [1.54, 1.807) is 0 Å². The quantitative estimate of drug-likeness (QED) is 0.765. The van der Waals surface area contributed by atoms with Gasteiger partial charge in [0.2, 0.25) is 16.0 Å². The van der Waals surface area contributed by atoms with Crippen LogP contribution in [0.15, 0.2) is 59.8 Å². The second-order valence-corrected chi connectivity index (χ2v) is 7.14. The van der Waals surface area contributed by atoms with E-state index in [1.165, 1.54) is 28.7 Å². The zero-order valence-corrected chi connectivity index (χ0v) is 14.1. The van der Waals surface area contributed by atoms with Crippen molar-refractivity contribution in [2.75, 3.05) is 18.5 Å². The molecule has 1 aromatic heterocycles. The molecule has 3 aromatic rings. The minimum Gasteiger partial charge on any atom is -0.344 e. The highest BCUT2D eigenvalue weighted by molar-refractivity contribution is 7.89. The Bertz CT molecular complexity index is 950. The molecule has 2 N–H and O–H groups in total. The Morgan fingerprint density at radius 2 is 1.71 bits per heavy atom. The van der Waals surface area contributed by atoms with Gasteiger partial charge in [0.25, 0.3) is 0 Å². The maximum Gasteiger partial charge on any atom is 0.241 e. The molecule has 7 heteroatoms. The van der Waals surface area contributed by atoms with Gasteiger partial charge < -0.3 is 4.90 Å². The van der Waals surface area contributed by atoms with E-state index in [2.05, 4.69) is 40.3 Å². The molecule has 3 rings (SSSR count). The fourth-order valence-corrected chi connectivity index (χ4v) is 2.95. The summed E-state index contributed by atoms with van der Waals surface area (Å²) in [6.07, 6.45) is 3.29. The summed E-state index contributed by atoms with van der Waals surface area (Å²) in [7, 11) is -1.90. The van der Waals surface area contributed by atoms with E-state index in [1.807, 2.05) is 24.1 Å². The van der Waals surface area contributed by atoms with Gasteiger partial charge in [0, 0.05) is 13.6 Å². The second kappa shape index (κ2) is 6.54. The smallest absolute Gasteiger partial charge is 0.241 e. The predicted molar refractivity (Wildman–Crippen MR) is 94.3 cm³/mol. The number of hydrogen-bond acceptors (Lipinski definition) is 5. The highest BCUT2D eigenvalue weighted by Gasteiger charge is 2.11. The first-order valence-electron chi connectivity index (χ1n) is 7.48. The van der Waals surface area contributed by atoms with Crippen LogP contribution in [0, 0.1) is 0 Å². The third-order valence-corrected chi connectivity index (χ3v) is 4.75. The molecule has 0 saturated carbocycles. The average molecular weight is 342 g/mol. The topological polar surface area (TPSA) is 89.2 Å². The Morgan fingerprint density at radius 3 is 2.42 bits per heavy atom. The van der Waals surface area contributed by atoms with Gasteiger partial charge in [0.05, 0.1) is 12.4 Å². The third kappa shape index (κ3) is 3.52. The van der Waals surface area contributed by atoms with Gasteiger partial charge in [-0.15, -0.1) is 0 Å². The zero-order valence-electron chi connectivity index (χ0n) is 13.3. The van der Waals surface area contributed by atoms with Gasteiger partial charge in [0.15, 0.2) is 0 Å². The highest BCUT2D eigenvalue weighted by atomic mass is 32.2. The van der Waals surface area contributed by atoms with Gasteiger partial charge in [-0.25, -0.2) is 23.5 Å². The molecule has 0 amide bonds. The van der Waals surface area contributed by atoms with Crippen LogP contribution in [-0.4, -0.2) is 32.0 Å². The summed E-state index contributed by atoms with van der Waals surface area (Å²) in [4.78, 5) is 9.95. The molecular weight excluding hydrogens is 324 g/mol. The van der Waals surface area contributed by atoms with Crippen LogP contribution in [0.25, 0.3) is 10.8 Å². The van der Waals surface area contributed by atoms with Crippen LogP contribution in [0.2, 0.25) is 0 Å². The monoisotopic (exact) mass is 342 g/mol. The van der Waals surface area contributed by atoms with Crippen molar-refractivity contribution in [2.45, 2.75) is 11.3 Å². The zero-order chi connectivity index (χ0) is 17.2. The number of hydrogen-bond donors (Lipinski definition) is 1. The SMILES string of the molecule is CN(CCc1cccc2ccccc12)c1ncc(S(N)(=O)=O)cn1. The van der Waals surface area contributed by atoms with E-state index in [0.717, 1.165) is 6.42 Å². The van der Waals surface area contributed by atoms with Crippen molar-refractivity contribution in [1.82, 2.24) is 9.97 Å². The number of sulfonamides is 1. The number of nitrogens with two attached hydrogens (primary N) is 1. The highest BCUT2D eigenvalue weighted by Crippen LogP contribution is 2.19. The number of fused-ring (bicyclic) bond motifs is 1. The molecule has 0 saturated heterocycles. The normalized spacial score (nSPS) is 11.6. The minimum atomic E-state index is -3.77. The number of likely N-dealkylation sites (N-methyl/N-ethyl adjacent to an activating group) is 1. The third-order valence-electron chi connectivity index (χ3n) is 3.88. The summed E-state index contributed by atoms with van der Waals surface area (Å²) in [5.41, 5.74) is 1.25. The Hall–Kier alpha value is -2.51. The predicted octanol–water partition coefficient (Wildman–Crippen LogP) is 1.96. The average Bonchev–Trinajstić information content (AvgIpc) is 2.59. The molecule has 0 spiro atoms. The molecule has 0 fully saturated rings. The Kier molecular flexibility index (Phi) is 4.46. The van der Waals surface area contributed by atoms with Gasteiger partial charge in [0.1, 0.15) is 4.90 Å². The fraction of sp³-hybridized carbons (Fsp3) is 0.176.